The topological polar surface area (TPSA) is 155 Å². The molecular formula is C64H115O11P. The summed E-state index contributed by atoms with van der Waals surface area (Å²) in [5.41, 5.74) is 0. The number of unbranched alkanes of at least 4 members (excludes halogenated alkanes) is 31. The molecule has 0 saturated heterocycles. The molecule has 11 nitrogen and oxygen atoms in total. The van der Waals surface area contributed by atoms with E-state index in [1.54, 1.807) is 0 Å². The Bertz CT molecular complexity index is 1510. The molecule has 0 spiro atoms. The van der Waals surface area contributed by atoms with E-state index in [1.165, 1.54) is 122 Å². The minimum atomic E-state index is -4.75. The molecule has 0 amide bonds. The number of hydrogen-bond donors (Lipinski definition) is 2. The van der Waals surface area contributed by atoms with Crippen LogP contribution in [-0.4, -0.2) is 66.5 Å². The van der Waals surface area contributed by atoms with Crippen molar-refractivity contribution in [1.29, 1.82) is 0 Å². The second kappa shape index (κ2) is 58.3. The maximum absolute atomic E-state index is 12.9. The zero-order valence-electron chi connectivity index (χ0n) is 49.0. The number of aliphatic hydroxyl groups excluding tert-OH is 1. The molecule has 0 fully saturated rings. The van der Waals surface area contributed by atoms with E-state index in [-0.39, 0.29) is 25.9 Å². The molecule has 3 atom stereocenters. The van der Waals surface area contributed by atoms with Gasteiger partial charge in [-0.05, 0) is 83.5 Å². The average Bonchev–Trinajstić information content (AvgIpc) is 3.41. The van der Waals surface area contributed by atoms with Gasteiger partial charge >= 0.3 is 25.7 Å². The number of rotatable bonds is 58. The first-order valence-electron chi connectivity index (χ1n) is 31.2. The molecule has 0 aliphatic heterocycles. The van der Waals surface area contributed by atoms with Crippen molar-refractivity contribution in [2.24, 2.45) is 0 Å². The molecule has 0 rings (SSSR count). The summed E-state index contributed by atoms with van der Waals surface area (Å²) >= 11 is 0. The van der Waals surface area contributed by atoms with Crippen molar-refractivity contribution in [3.63, 3.8) is 0 Å². The molecule has 0 aromatic rings. The van der Waals surface area contributed by atoms with Crippen molar-refractivity contribution in [3.8, 4) is 0 Å². The van der Waals surface area contributed by atoms with Crippen molar-refractivity contribution < 1.29 is 52.2 Å². The molecule has 0 aromatic carbocycles. The van der Waals surface area contributed by atoms with Crippen molar-refractivity contribution in [3.05, 3.63) is 60.8 Å². The highest BCUT2D eigenvalue weighted by molar-refractivity contribution is 7.47. The van der Waals surface area contributed by atoms with Crippen molar-refractivity contribution >= 4 is 25.7 Å². The quantitative estimate of drug-likeness (QED) is 0.0197. The number of carbonyl (C=O) groups is 3. The maximum Gasteiger partial charge on any atom is 0.472 e. The number of phosphoric ester groups is 1. The van der Waals surface area contributed by atoms with Crippen LogP contribution >= 0.6 is 7.82 Å². The fourth-order valence-corrected chi connectivity index (χ4v) is 9.48. The molecule has 0 bridgehead atoms. The third kappa shape index (κ3) is 55.9. The normalized spacial score (nSPS) is 13.7. The van der Waals surface area contributed by atoms with E-state index in [0.717, 1.165) is 109 Å². The van der Waals surface area contributed by atoms with Gasteiger partial charge in [-0.15, -0.1) is 0 Å². The predicted octanol–water partition coefficient (Wildman–Crippen LogP) is 18.7. The molecule has 0 heterocycles. The van der Waals surface area contributed by atoms with Gasteiger partial charge in [0.2, 0.25) is 0 Å². The predicted molar refractivity (Wildman–Crippen MR) is 316 cm³/mol. The lowest BCUT2D eigenvalue weighted by Crippen LogP contribution is -2.30. The number of allylic oxidation sites excluding steroid dienone is 10. The molecule has 0 aliphatic carbocycles. The maximum atomic E-state index is 12.9. The summed E-state index contributed by atoms with van der Waals surface area (Å²) in [4.78, 5) is 48.7. The number of carbonyl (C=O) groups excluding carboxylic acids is 3. The highest BCUT2D eigenvalue weighted by Crippen LogP contribution is 2.43. The smallest absolute Gasteiger partial charge is 0.462 e. The van der Waals surface area contributed by atoms with Gasteiger partial charge in [-0.2, -0.15) is 0 Å². The summed E-state index contributed by atoms with van der Waals surface area (Å²) in [5, 5.41) is 9.83. The van der Waals surface area contributed by atoms with Gasteiger partial charge in [0.05, 0.1) is 19.8 Å². The Hall–Kier alpha value is -2.82. The molecule has 2 N–H and O–H groups in total. The van der Waals surface area contributed by atoms with Crippen LogP contribution in [0.5, 0.6) is 0 Å². The van der Waals surface area contributed by atoms with Gasteiger partial charge in [-0.3, -0.25) is 23.4 Å². The Labute approximate surface area is 465 Å². The second-order valence-corrected chi connectivity index (χ2v) is 22.3. The largest absolute Gasteiger partial charge is 0.472 e. The van der Waals surface area contributed by atoms with Crippen LogP contribution < -0.4 is 0 Å². The SMILES string of the molecule is CC/C=C\C/C=C\C/C=C\CCCCCCCCCC(=O)OC(COC(=O)CCCCCCCCCCC/C=C\C/C=C\CCCCC)COP(=O)(O)OCC(CO)OC(=O)CCCCCCCCCCCCCCC. The lowest BCUT2D eigenvalue weighted by atomic mass is 10.0. The monoisotopic (exact) mass is 1090 g/mol. The van der Waals surface area contributed by atoms with Gasteiger partial charge in [-0.1, -0.05) is 248 Å². The lowest BCUT2D eigenvalue weighted by Gasteiger charge is -2.21. The molecule has 0 saturated carbocycles. The standard InChI is InChI=1S/C64H115O11P/c1-4-7-10-13-16-19-22-25-27-29-30-32-33-36-38-41-44-47-50-53-62(66)71-57-61(75-64(68)55-52-49-46-43-40-37-34-31-28-26-23-20-17-14-11-8-5-2)59-73-76(69,70)72-58-60(56-65)74-63(67)54-51-48-45-42-39-35-24-21-18-15-12-9-6-3/h8,11,16-17,19-20,25-28,60-61,65H,4-7,9-10,12-15,18,21-24,29-59H2,1-3H3,(H,69,70)/b11-8-,19-16-,20-17-,27-25-,28-26-. The highest BCUT2D eigenvalue weighted by atomic mass is 31.2. The summed E-state index contributed by atoms with van der Waals surface area (Å²) in [5.74, 6) is -1.47. The summed E-state index contributed by atoms with van der Waals surface area (Å²) in [6, 6.07) is 0. The van der Waals surface area contributed by atoms with Crippen molar-refractivity contribution in [2.75, 3.05) is 26.4 Å². The molecule has 442 valence electrons. The van der Waals surface area contributed by atoms with Crippen LogP contribution in [0.25, 0.3) is 0 Å². The van der Waals surface area contributed by atoms with Gasteiger partial charge in [0.1, 0.15) is 12.7 Å². The Morgan fingerprint density at radius 2 is 0.684 bits per heavy atom. The number of phosphoric acid groups is 1. The first kappa shape index (κ1) is 73.2. The third-order valence-electron chi connectivity index (χ3n) is 13.4. The molecule has 0 radical (unpaired) electrons. The minimum absolute atomic E-state index is 0.156. The molecule has 0 aromatic heterocycles. The minimum Gasteiger partial charge on any atom is -0.462 e. The second-order valence-electron chi connectivity index (χ2n) is 20.8. The van der Waals surface area contributed by atoms with Crippen LogP contribution in [0.15, 0.2) is 60.8 Å². The van der Waals surface area contributed by atoms with Crippen LogP contribution in [0.3, 0.4) is 0 Å². The van der Waals surface area contributed by atoms with E-state index in [9.17, 15) is 28.9 Å². The summed E-state index contributed by atoms with van der Waals surface area (Å²) < 4.78 is 39.6. The number of ether oxygens (including phenoxy) is 3. The van der Waals surface area contributed by atoms with Gasteiger partial charge < -0.3 is 24.2 Å². The molecular weight excluding hydrogens is 976 g/mol. The highest BCUT2D eigenvalue weighted by Gasteiger charge is 2.28. The Kier molecular flexibility index (Phi) is 56.2. The number of aliphatic hydroxyl groups is 1. The van der Waals surface area contributed by atoms with Crippen molar-refractivity contribution in [1.82, 2.24) is 0 Å². The Morgan fingerprint density at radius 1 is 0.382 bits per heavy atom. The van der Waals surface area contributed by atoms with Gasteiger partial charge in [0.15, 0.2) is 6.10 Å². The van der Waals surface area contributed by atoms with E-state index >= 15 is 0 Å². The van der Waals surface area contributed by atoms with Gasteiger partial charge in [0, 0.05) is 19.3 Å². The molecule has 76 heavy (non-hydrogen) atoms. The summed E-state index contributed by atoms with van der Waals surface area (Å²) in [6.45, 7) is 4.54. The zero-order valence-corrected chi connectivity index (χ0v) is 49.9. The van der Waals surface area contributed by atoms with Crippen LogP contribution in [-0.2, 0) is 42.2 Å². The fraction of sp³-hybridized carbons (Fsp3) is 0.797. The Morgan fingerprint density at radius 3 is 1.08 bits per heavy atom. The number of hydrogen-bond acceptors (Lipinski definition) is 10. The third-order valence-corrected chi connectivity index (χ3v) is 14.4. The van der Waals surface area contributed by atoms with Crippen LogP contribution in [0.4, 0.5) is 0 Å². The van der Waals surface area contributed by atoms with Crippen LogP contribution in [0, 0.1) is 0 Å². The average molecular weight is 1090 g/mol. The fourth-order valence-electron chi connectivity index (χ4n) is 8.70. The Balaban J connectivity index is 4.71. The van der Waals surface area contributed by atoms with Crippen LogP contribution in [0.2, 0.25) is 0 Å². The number of esters is 3. The molecule has 0 aliphatic rings. The van der Waals surface area contributed by atoms with E-state index < -0.39 is 57.8 Å². The first-order chi connectivity index (χ1) is 37.2. The molecule has 12 heteroatoms. The van der Waals surface area contributed by atoms with Gasteiger partial charge in [-0.25, -0.2) is 4.57 Å². The van der Waals surface area contributed by atoms with E-state index in [0.29, 0.717) is 19.3 Å². The van der Waals surface area contributed by atoms with Crippen LogP contribution in [0.1, 0.15) is 290 Å². The van der Waals surface area contributed by atoms with E-state index in [1.807, 2.05) is 0 Å². The lowest BCUT2D eigenvalue weighted by molar-refractivity contribution is -0.161. The summed E-state index contributed by atoms with van der Waals surface area (Å²) in [7, 11) is -4.75. The van der Waals surface area contributed by atoms with Gasteiger partial charge in [0.25, 0.3) is 0 Å². The van der Waals surface area contributed by atoms with Crippen molar-refractivity contribution in [2.45, 2.75) is 303 Å². The first-order valence-corrected chi connectivity index (χ1v) is 32.7. The van der Waals surface area contributed by atoms with E-state index in [4.69, 9.17) is 23.3 Å². The molecule has 3 unspecified atom stereocenters. The van der Waals surface area contributed by atoms with E-state index in [2.05, 4.69) is 81.5 Å². The zero-order chi connectivity index (χ0) is 55.5. The summed E-state index contributed by atoms with van der Waals surface area (Å²) in [6.07, 6.45) is 64.5.